The van der Waals surface area contributed by atoms with E-state index in [1.54, 1.807) is 6.07 Å². The third-order valence-corrected chi connectivity index (χ3v) is 6.71. The van der Waals surface area contributed by atoms with Gasteiger partial charge in [-0.15, -0.1) is 0 Å². The molecule has 0 saturated carbocycles. The molecule has 0 radical (unpaired) electrons. The van der Waals surface area contributed by atoms with E-state index in [4.69, 9.17) is 11.6 Å². The Bertz CT molecular complexity index is 605. The molecular weight excluding hydrogens is 354 g/mol. The number of carbonyl (C=O) groups is 2. The van der Waals surface area contributed by atoms with Crippen molar-refractivity contribution in [1.29, 1.82) is 0 Å². The Kier molecular flexibility index (Phi) is 7.51. The van der Waals surface area contributed by atoms with E-state index in [9.17, 15) is 14.7 Å². The smallest absolute Gasteiger partial charge is 0.308 e. The lowest BCUT2D eigenvalue weighted by molar-refractivity contribution is -0.144. The number of carboxylic acid groups (broad SMARTS) is 1. The van der Waals surface area contributed by atoms with Crippen molar-refractivity contribution >= 4 is 50.6 Å². The quantitative estimate of drug-likeness (QED) is 0.589. The van der Waals surface area contributed by atoms with Crippen LogP contribution in [-0.2, 0) is 9.59 Å². The van der Waals surface area contributed by atoms with Gasteiger partial charge in [0.15, 0.2) is 0 Å². The molecule has 4 nitrogen and oxygen atoms in total. The summed E-state index contributed by atoms with van der Waals surface area (Å²) in [6.45, 7) is 8.95. The van der Waals surface area contributed by atoms with E-state index in [-0.39, 0.29) is 12.2 Å². The van der Waals surface area contributed by atoms with Crippen LogP contribution in [-0.4, -0.2) is 21.6 Å². The highest BCUT2D eigenvalue weighted by atomic mass is 35.5. The van der Waals surface area contributed by atoms with Gasteiger partial charge in [0.1, 0.15) is 5.78 Å². The number of halogens is 1. The van der Waals surface area contributed by atoms with Crippen LogP contribution < -0.4 is 5.32 Å². The molecule has 7 heteroatoms. The first-order valence-electron chi connectivity index (χ1n) is 6.92. The molecule has 0 saturated heterocycles. The number of nitrogens with one attached hydrogen (secondary N) is 1. The minimum absolute atomic E-state index is 0.0142. The molecule has 0 spiro atoms. The zero-order valence-corrected chi connectivity index (χ0v) is 15.6. The summed E-state index contributed by atoms with van der Waals surface area (Å²) in [6.07, 6.45) is 0.0142. The molecule has 0 fully saturated rings. The third kappa shape index (κ3) is 6.49. The molecule has 2 N–H and O–H groups in total. The van der Waals surface area contributed by atoms with E-state index in [1.807, 2.05) is 32.0 Å². The van der Waals surface area contributed by atoms with Crippen molar-refractivity contribution in [2.75, 3.05) is 5.32 Å². The lowest BCUT2D eigenvalue weighted by Crippen LogP contribution is -2.35. The highest BCUT2D eigenvalue weighted by Crippen LogP contribution is 2.45. The van der Waals surface area contributed by atoms with Gasteiger partial charge in [-0.3, -0.25) is 4.79 Å². The molecule has 1 aromatic carbocycles. The summed E-state index contributed by atoms with van der Waals surface area (Å²) in [5, 5.41) is 13.7. The number of benzene rings is 1. The van der Waals surface area contributed by atoms with E-state index in [1.165, 1.54) is 28.5 Å². The van der Waals surface area contributed by atoms with Crippen LogP contribution in [0.5, 0.6) is 0 Å². The molecule has 0 aliphatic carbocycles. The van der Waals surface area contributed by atoms with Gasteiger partial charge in [0.2, 0.25) is 0 Å². The highest BCUT2D eigenvalue weighted by molar-refractivity contribution is 8.78. The monoisotopic (exact) mass is 373 g/mol. The summed E-state index contributed by atoms with van der Waals surface area (Å²) in [4.78, 5) is 22.7. The molecule has 1 unspecified atom stereocenters. The van der Waals surface area contributed by atoms with E-state index in [2.05, 4.69) is 11.9 Å². The van der Waals surface area contributed by atoms with E-state index in [0.29, 0.717) is 10.1 Å². The van der Waals surface area contributed by atoms with Crippen molar-refractivity contribution in [3.63, 3.8) is 0 Å². The Hall–Kier alpha value is -1.11. The Labute approximate surface area is 149 Å². The van der Waals surface area contributed by atoms with E-state index in [0.717, 1.165) is 5.69 Å². The van der Waals surface area contributed by atoms with Crippen molar-refractivity contribution in [2.45, 2.75) is 31.9 Å². The average Bonchev–Trinajstić information content (AvgIpc) is 2.44. The van der Waals surface area contributed by atoms with Crippen LogP contribution in [0, 0.1) is 5.92 Å². The van der Waals surface area contributed by atoms with Gasteiger partial charge in [-0.2, -0.15) is 0 Å². The van der Waals surface area contributed by atoms with Crippen LogP contribution in [0.1, 0.15) is 27.2 Å². The number of hydrogen-bond acceptors (Lipinski definition) is 5. The maximum absolute atomic E-state index is 11.4. The second-order valence-corrected chi connectivity index (χ2v) is 8.88. The average molecular weight is 374 g/mol. The maximum atomic E-state index is 11.4. The Morgan fingerprint density at radius 2 is 2.00 bits per heavy atom. The molecule has 23 heavy (non-hydrogen) atoms. The number of hydrogen-bond donors (Lipinski definition) is 2. The summed E-state index contributed by atoms with van der Waals surface area (Å²) in [7, 11) is 2.71. The summed E-state index contributed by atoms with van der Waals surface area (Å²) in [5.41, 5.74) is 0.739. The second-order valence-electron chi connectivity index (χ2n) is 5.60. The summed E-state index contributed by atoms with van der Waals surface area (Å²) in [6, 6.07) is 7.29. The molecule has 0 heterocycles. The topological polar surface area (TPSA) is 66.4 Å². The maximum Gasteiger partial charge on any atom is 0.308 e. The van der Waals surface area contributed by atoms with Gasteiger partial charge in [-0.1, -0.05) is 41.1 Å². The Morgan fingerprint density at radius 1 is 1.39 bits per heavy atom. The summed E-state index contributed by atoms with van der Waals surface area (Å²) in [5.74, 6) is -1.86. The van der Waals surface area contributed by atoms with Crippen molar-refractivity contribution < 1.29 is 14.7 Å². The van der Waals surface area contributed by atoms with Crippen LogP contribution in [0.4, 0.5) is 5.69 Å². The first kappa shape index (κ1) is 19.9. The third-order valence-electron chi connectivity index (χ3n) is 3.13. The number of rotatable bonds is 9. The van der Waals surface area contributed by atoms with Crippen LogP contribution >= 0.6 is 33.2 Å². The zero-order valence-electron chi connectivity index (χ0n) is 13.3. The molecular formula is C16H20ClNO3S2. The van der Waals surface area contributed by atoms with Crippen LogP contribution in [0.25, 0.3) is 0 Å². The molecule has 0 aromatic heterocycles. The second kappa shape index (κ2) is 8.66. The van der Waals surface area contributed by atoms with Crippen LogP contribution in [0.15, 0.2) is 35.9 Å². The molecule has 1 aromatic rings. The summed E-state index contributed by atoms with van der Waals surface area (Å²) < 4.78 is -0.632. The largest absolute Gasteiger partial charge is 0.481 e. The molecule has 1 atom stereocenters. The molecule has 0 aliphatic rings. The fourth-order valence-electron chi connectivity index (χ4n) is 1.87. The van der Waals surface area contributed by atoms with Gasteiger partial charge in [0.05, 0.1) is 21.7 Å². The zero-order chi connectivity index (χ0) is 17.6. The summed E-state index contributed by atoms with van der Waals surface area (Å²) >= 11 is 6.07. The molecule has 0 aliphatic heterocycles. The number of ketones is 1. The first-order chi connectivity index (χ1) is 10.6. The number of para-hydroxylation sites is 1. The van der Waals surface area contributed by atoms with Gasteiger partial charge in [-0.25, -0.2) is 0 Å². The molecule has 0 amide bonds. The molecule has 0 bridgehead atoms. The fourth-order valence-corrected chi connectivity index (χ4v) is 4.24. The minimum Gasteiger partial charge on any atom is -0.481 e. The van der Waals surface area contributed by atoms with Crippen LogP contribution in [0.2, 0.25) is 5.02 Å². The van der Waals surface area contributed by atoms with Gasteiger partial charge in [0.25, 0.3) is 0 Å². The number of carbonyl (C=O) groups excluding carboxylic acids is 1. The predicted octanol–water partition coefficient (Wildman–Crippen LogP) is 5.06. The lowest BCUT2D eigenvalue weighted by Gasteiger charge is -2.29. The van der Waals surface area contributed by atoms with Crippen molar-refractivity contribution in [3.8, 4) is 0 Å². The Morgan fingerprint density at radius 3 is 2.52 bits per heavy atom. The number of aliphatic carboxylic acids is 1. The van der Waals surface area contributed by atoms with E-state index < -0.39 is 16.6 Å². The normalized spacial score (nSPS) is 12.5. The van der Waals surface area contributed by atoms with Gasteiger partial charge >= 0.3 is 5.97 Å². The van der Waals surface area contributed by atoms with Gasteiger partial charge in [0, 0.05) is 11.2 Å². The van der Waals surface area contributed by atoms with Gasteiger partial charge < -0.3 is 15.2 Å². The molecule has 1 rings (SSSR count). The lowest BCUT2D eigenvalue weighted by atomic mass is 9.90. The van der Waals surface area contributed by atoms with Crippen LogP contribution in [0.3, 0.4) is 0 Å². The number of anilines is 1. The highest BCUT2D eigenvalue weighted by Gasteiger charge is 2.37. The van der Waals surface area contributed by atoms with Crippen molar-refractivity contribution in [2.24, 2.45) is 5.92 Å². The Balaban J connectivity index is 2.67. The SMILES string of the molecule is C=C(Nc1ccccc1Cl)SSC(C)(C)C(CC(C)=O)C(=O)O. The molecule has 126 valence electrons. The van der Waals surface area contributed by atoms with Gasteiger partial charge in [-0.05, 0) is 43.7 Å². The van der Waals surface area contributed by atoms with Crippen molar-refractivity contribution in [1.82, 2.24) is 0 Å². The standard InChI is InChI=1S/C16H20ClNO3S2/c1-10(19)9-12(15(20)21)16(3,4)23-22-11(2)18-14-8-6-5-7-13(14)17/h5-8,12,18H,2,9H2,1,3-4H3,(H,20,21). The van der Waals surface area contributed by atoms with E-state index >= 15 is 0 Å². The fraction of sp³-hybridized carbons (Fsp3) is 0.375. The predicted molar refractivity (Wildman–Crippen MR) is 99.9 cm³/mol. The van der Waals surface area contributed by atoms with Crippen molar-refractivity contribution in [3.05, 3.63) is 40.9 Å². The first-order valence-corrected chi connectivity index (χ1v) is 9.44. The minimum atomic E-state index is -0.969. The number of Topliss-reactive ketones (excluding diaryl/α,β-unsaturated/α-hetero) is 1. The number of carboxylic acids is 1.